The van der Waals surface area contributed by atoms with Crippen molar-refractivity contribution in [3.05, 3.63) is 96.1 Å². The van der Waals surface area contributed by atoms with Crippen molar-refractivity contribution in [2.75, 3.05) is 6.61 Å². The second-order valence-electron chi connectivity index (χ2n) is 10.4. The molecule has 0 N–H and O–H groups in total. The number of allylic oxidation sites excluding steroid dienone is 1. The molecule has 5 rings (SSSR count). The van der Waals surface area contributed by atoms with Crippen LogP contribution in [0.4, 0.5) is 4.39 Å². The predicted molar refractivity (Wildman–Crippen MR) is 143 cm³/mol. The summed E-state index contributed by atoms with van der Waals surface area (Å²) >= 11 is 0. The molecule has 5 heteroatoms. The minimum atomic E-state index is -0.621. The maximum absolute atomic E-state index is 13.6. The van der Waals surface area contributed by atoms with E-state index in [1.807, 2.05) is 55.5 Å². The van der Waals surface area contributed by atoms with Crippen molar-refractivity contribution in [3.63, 3.8) is 0 Å². The van der Waals surface area contributed by atoms with E-state index in [2.05, 4.69) is 24.1 Å². The number of nitrogens with zero attached hydrogens (tertiary/aromatic N) is 1. The fourth-order valence-corrected chi connectivity index (χ4v) is 6.28. The summed E-state index contributed by atoms with van der Waals surface area (Å²) in [6.45, 7) is 5.10. The molecule has 1 saturated carbocycles. The molecule has 0 amide bonds. The Hall–Kier alpha value is -3.31. The molecule has 1 aliphatic carbocycles. The van der Waals surface area contributed by atoms with Gasteiger partial charge >= 0.3 is 5.97 Å². The van der Waals surface area contributed by atoms with Gasteiger partial charge in [0.2, 0.25) is 0 Å². The summed E-state index contributed by atoms with van der Waals surface area (Å²) in [6, 6.07) is 20.5. The fourth-order valence-electron chi connectivity index (χ4n) is 6.28. The van der Waals surface area contributed by atoms with Gasteiger partial charge in [-0.2, -0.15) is 0 Å². The topological polar surface area (TPSA) is 48.4 Å². The number of carbonyl (C=O) groups excluding carboxylic acids is 1. The summed E-state index contributed by atoms with van der Waals surface area (Å²) in [6.07, 6.45) is 8.69. The Morgan fingerprint density at radius 1 is 1.11 bits per heavy atom. The Morgan fingerprint density at radius 2 is 1.95 bits per heavy atom. The summed E-state index contributed by atoms with van der Waals surface area (Å²) < 4.78 is 25.6. The van der Waals surface area contributed by atoms with Crippen LogP contribution in [0.5, 0.6) is 0 Å². The Morgan fingerprint density at radius 3 is 2.68 bits per heavy atom. The molecule has 5 atom stereocenters. The third-order valence-electron chi connectivity index (χ3n) is 8.19. The van der Waals surface area contributed by atoms with Gasteiger partial charge in [-0.15, -0.1) is 0 Å². The van der Waals surface area contributed by atoms with Crippen molar-refractivity contribution in [3.8, 4) is 11.1 Å². The van der Waals surface area contributed by atoms with Crippen molar-refractivity contribution in [2.24, 2.45) is 23.2 Å². The third-order valence-corrected chi connectivity index (χ3v) is 8.19. The van der Waals surface area contributed by atoms with Crippen LogP contribution in [0.25, 0.3) is 17.2 Å². The normalized spacial score (nSPS) is 27.3. The minimum Gasteiger partial charge on any atom is -0.462 e. The average Bonchev–Trinajstić information content (AvgIpc) is 3.17. The van der Waals surface area contributed by atoms with Crippen molar-refractivity contribution >= 4 is 12.0 Å². The van der Waals surface area contributed by atoms with Gasteiger partial charge < -0.3 is 9.47 Å². The summed E-state index contributed by atoms with van der Waals surface area (Å²) in [5, 5.41) is 0. The van der Waals surface area contributed by atoms with E-state index in [-0.39, 0.29) is 29.7 Å². The van der Waals surface area contributed by atoms with E-state index >= 15 is 0 Å². The first kappa shape index (κ1) is 25.3. The Kier molecular flexibility index (Phi) is 7.52. The van der Waals surface area contributed by atoms with Crippen LogP contribution in [0.3, 0.4) is 0 Å². The minimum absolute atomic E-state index is 0.0530. The Labute approximate surface area is 218 Å². The predicted octanol–water partition coefficient (Wildman–Crippen LogP) is 7.10. The van der Waals surface area contributed by atoms with E-state index < -0.39 is 5.41 Å². The monoisotopic (exact) mass is 499 g/mol. The maximum Gasteiger partial charge on any atom is 0.315 e. The zero-order valence-electron chi connectivity index (χ0n) is 21.5. The molecule has 192 valence electrons. The number of rotatable bonds is 8. The molecule has 1 aromatic heterocycles. The van der Waals surface area contributed by atoms with Crippen molar-refractivity contribution in [1.82, 2.24) is 4.98 Å². The van der Waals surface area contributed by atoms with E-state index in [1.165, 1.54) is 12.1 Å². The van der Waals surface area contributed by atoms with Crippen LogP contribution in [0, 0.1) is 29.0 Å². The molecule has 2 heterocycles. The molecule has 0 radical (unpaired) electrons. The summed E-state index contributed by atoms with van der Waals surface area (Å²) in [7, 11) is 0. The first-order valence-electron chi connectivity index (χ1n) is 13.2. The van der Waals surface area contributed by atoms with Crippen LogP contribution < -0.4 is 0 Å². The van der Waals surface area contributed by atoms with Crippen LogP contribution in [0.2, 0.25) is 0 Å². The lowest BCUT2D eigenvalue weighted by Gasteiger charge is -2.44. The molecular weight excluding hydrogens is 465 g/mol. The number of hydrogen-bond acceptors (Lipinski definition) is 4. The number of esters is 1. The number of fused-ring (bicyclic) bond motifs is 1. The number of benzene rings is 2. The molecule has 1 aliphatic heterocycles. The lowest BCUT2D eigenvalue weighted by Crippen LogP contribution is -2.48. The quantitative estimate of drug-likeness (QED) is 0.310. The fraction of sp³-hybridized carbons (Fsp3) is 0.375. The van der Waals surface area contributed by atoms with Crippen LogP contribution in [0.15, 0.2) is 79.0 Å². The molecule has 0 spiro atoms. The second kappa shape index (κ2) is 11.0. The highest BCUT2D eigenvalue weighted by molar-refractivity contribution is 5.80. The van der Waals surface area contributed by atoms with E-state index in [4.69, 9.17) is 9.47 Å². The molecule has 3 aromatic rings. The van der Waals surface area contributed by atoms with E-state index in [9.17, 15) is 9.18 Å². The molecule has 0 bridgehead atoms. The Bertz CT molecular complexity index is 1240. The number of carbonyl (C=O) groups is 1. The van der Waals surface area contributed by atoms with Gasteiger partial charge in [-0.05, 0) is 67.0 Å². The van der Waals surface area contributed by atoms with Gasteiger partial charge in [0.15, 0.2) is 0 Å². The lowest BCUT2D eigenvalue weighted by atomic mass is 9.57. The molecule has 4 nitrogen and oxygen atoms in total. The molecule has 3 unspecified atom stereocenters. The number of halogens is 1. The molecule has 2 fully saturated rings. The van der Waals surface area contributed by atoms with E-state index in [1.54, 1.807) is 12.3 Å². The van der Waals surface area contributed by atoms with Gasteiger partial charge in [0, 0.05) is 17.7 Å². The molecule has 1 saturated heterocycles. The molecule has 2 aliphatic rings. The van der Waals surface area contributed by atoms with Crippen LogP contribution in [-0.2, 0) is 20.9 Å². The number of aromatic nitrogens is 1. The lowest BCUT2D eigenvalue weighted by molar-refractivity contribution is -0.153. The van der Waals surface area contributed by atoms with Crippen molar-refractivity contribution in [1.29, 1.82) is 0 Å². The summed E-state index contributed by atoms with van der Waals surface area (Å²) in [5.41, 5.74) is 2.99. The SMILES string of the molecule is CCC1CC[C@@]2(COCc3ccccc3)C(=O)O[C@H](C)C2C1/C=C/c1ccc(-c2cccc(F)c2)cn1. The number of hydrogen-bond donors (Lipinski definition) is 0. The second-order valence-corrected chi connectivity index (χ2v) is 10.4. The Balaban J connectivity index is 1.35. The highest BCUT2D eigenvalue weighted by Gasteiger charge is 2.61. The van der Waals surface area contributed by atoms with Crippen LogP contribution >= 0.6 is 0 Å². The van der Waals surface area contributed by atoms with E-state index in [0.717, 1.165) is 41.6 Å². The summed E-state index contributed by atoms with van der Waals surface area (Å²) in [4.78, 5) is 17.8. The summed E-state index contributed by atoms with van der Waals surface area (Å²) in [5.74, 6) is 0.321. The maximum atomic E-state index is 13.6. The molecule has 37 heavy (non-hydrogen) atoms. The smallest absolute Gasteiger partial charge is 0.315 e. The number of cyclic esters (lactones) is 1. The molecule has 2 aromatic carbocycles. The van der Waals surface area contributed by atoms with Crippen molar-refractivity contribution in [2.45, 2.75) is 45.8 Å². The van der Waals surface area contributed by atoms with Gasteiger partial charge in [-0.1, -0.05) is 68.0 Å². The first-order chi connectivity index (χ1) is 18.0. The first-order valence-corrected chi connectivity index (χ1v) is 13.2. The number of pyridine rings is 1. The largest absolute Gasteiger partial charge is 0.462 e. The van der Waals surface area contributed by atoms with Gasteiger partial charge in [0.25, 0.3) is 0 Å². The van der Waals surface area contributed by atoms with Gasteiger partial charge in [-0.3, -0.25) is 9.78 Å². The molecular formula is C32H34FNO3. The van der Waals surface area contributed by atoms with Gasteiger partial charge in [-0.25, -0.2) is 4.39 Å². The van der Waals surface area contributed by atoms with Gasteiger partial charge in [0.05, 0.1) is 24.3 Å². The highest BCUT2D eigenvalue weighted by Crippen LogP contribution is 2.55. The van der Waals surface area contributed by atoms with Crippen molar-refractivity contribution < 1.29 is 18.7 Å². The van der Waals surface area contributed by atoms with Crippen LogP contribution in [0.1, 0.15) is 44.4 Å². The number of ether oxygens (including phenoxy) is 2. The zero-order chi connectivity index (χ0) is 25.8. The zero-order valence-corrected chi connectivity index (χ0v) is 21.5. The van der Waals surface area contributed by atoms with Crippen LogP contribution in [-0.4, -0.2) is 23.7 Å². The standard InChI is InChI=1S/C32H34FNO3/c1-3-24-16-17-32(21-36-20-23-8-5-4-6-9-23)30(22(2)37-31(32)35)29(24)15-14-28-13-12-26(19-34-28)25-10-7-11-27(33)18-25/h4-15,18-19,22,24,29-30H,3,16-17,20-21H2,1-2H3/b15-14+/t22-,24?,29?,30?,32+/m1/s1. The van der Waals surface area contributed by atoms with Gasteiger partial charge in [0.1, 0.15) is 11.9 Å². The third kappa shape index (κ3) is 5.24. The highest BCUT2D eigenvalue weighted by atomic mass is 19.1. The van der Waals surface area contributed by atoms with E-state index in [0.29, 0.717) is 19.1 Å². The average molecular weight is 500 g/mol.